The van der Waals surface area contributed by atoms with Crippen molar-refractivity contribution in [2.24, 2.45) is 28.6 Å². The highest BCUT2D eigenvalue weighted by molar-refractivity contribution is 8.00. The molecule has 0 aromatic heterocycles. The number of hydrogen-bond donors (Lipinski definition) is 2. The van der Waals surface area contributed by atoms with Gasteiger partial charge in [-0.2, -0.15) is 11.8 Å². The molecule has 22 heavy (non-hydrogen) atoms. The van der Waals surface area contributed by atoms with Gasteiger partial charge in [0.05, 0.1) is 12.2 Å². The van der Waals surface area contributed by atoms with Gasteiger partial charge in [-0.15, -0.1) is 0 Å². The van der Waals surface area contributed by atoms with Gasteiger partial charge in [0.15, 0.2) is 0 Å². The van der Waals surface area contributed by atoms with Crippen molar-refractivity contribution in [1.82, 2.24) is 0 Å². The lowest BCUT2D eigenvalue weighted by atomic mass is 9.56. The molecule has 2 nitrogen and oxygen atoms in total. The average molecular weight is 323 g/mol. The van der Waals surface area contributed by atoms with E-state index in [1.165, 1.54) is 24.2 Å². The van der Waals surface area contributed by atoms with Crippen molar-refractivity contribution in [3.63, 3.8) is 0 Å². The van der Waals surface area contributed by atoms with E-state index in [0.29, 0.717) is 22.5 Å². The summed E-state index contributed by atoms with van der Waals surface area (Å²) in [6, 6.07) is 0. The van der Waals surface area contributed by atoms with Gasteiger partial charge in [0, 0.05) is 16.6 Å². The SMILES string of the molecule is C[C@H]1CCC2C3C(O)CC4=C[C@@H](O)CC[C@]4(C)C3SC[C@@]21C. The summed E-state index contributed by atoms with van der Waals surface area (Å²) in [5.41, 5.74) is 1.95. The second-order valence-electron chi connectivity index (χ2n) is 8.89. The van der Waals surface area contributed by atoms with Gasteiger partial charge in [0.1, 0.15) is 0 Å². The van der Waals surface area contributed by atoms with Crippen LogP contribution in [0.4, 0.5) is 0 Å². The Kier molecular flexibility index (Phi) is 3.53. The molecule has 0 radical (unpaired) electrons. The Bertz CT molecular complexity index is 504. The minimum Gasteiger partial charge on any atom is -0.392 e. The second-order valence-corrected chi connectivity index (χ2v) is 10.0. The molecule has 3 fully saturated rings. The number of fused-ring (bicyclic) bond motifs is 5. The molecule has 124 valence electrons. The van der Waals surface area contributed by atoms with E-state index < -0.39 is 0 Å². The first-order valence-electron chi connectivity index (χ1n) is 9.05. The van der Waals surface area contributed by atoms with Crippen LogP contribution in [0.5, 0.6) is 0 Å². The Labute approximate surface area is 138 Å². The number of aliphatic hydroxyl groups is 2. The summed E-state index contributed by atoms with van der Waals surface area (Å²) in [6.45, 7) is 7.30. The first-order valence-corrected chi connectivity index (χ1v) is 10.1. The molecule has 2 N–H and O–H groups in total. The third-order valence-corrected chi connectivity index (χ3v) is 9.84. The predicted molar refractivity (Wildman–Crippen MR) is 91.8 cm³/mol. The molecule has 0 spiro atoms. The van der Waals surface area contributed by atoms with Crippen molar-refractivity contribution < 1.29 is 10.2 Å². The smallest absolute Gasteiger partial charge is 0.0724 e. The summed E-state index contributed by atoms with van der Waals surface area (Å²) in [5.74, 6) is 3.18. The molecule has 0 bridgehead atoms. The summed E-state index contributed by atoms with van der Waals surface area (Å²) < 4.78 is 0. The lowest BCUT2D eigenvalue weighted by Gasteiger charge is -2.59. The van der Waals surface area contributed by atoms with Crippen LogP contribution in [-0.2, 0) is 0 Å². The monoisotopic (exact) mass is 322 g/mol. The lowest BCUT2D eigenvalue weighted by molar-refractivity contribution is -0.0229. The lowest BCUT2D eigenvalue weighted by Crippen LogP contribution is -2.57. The summed E-state index contributed by atoms with van der Waals surface area (Å²) in [7, 11) is 0. The highest BCUT2D eigenvalue weighted by Gasteiger charge is 2.60. The molecule has 3 heteroatoms. The van der Waals surface area contributed by atoms with Gasteiger partial charge in [0.2, 0.25) is 0 Å². The summed E-state index contributed by atoms with van der Waals surface area (Å²) in [4.78, 5) is 0. The predicted octanol–water partition coefficient (Wildman–Crippen LogP) is 3.62. The molecule has 2 saturated carbocycles. The van der Waals surface area contributed by atoms with Gasteiger partial charge >= 0.3 is 0 Å². The van der Waals surface area contributed by atoms with E-state index in [9.17, 15) is 10.2 Å². The molecule has 1 aliphatic heterocycles. The van der Waals surface area contributed by atoms with Crippen LogP contribution in [0.3, 0.4) is 0 Å². The molecule has 1 saturated heterocycles. The van der Waals surface area contributed by atoms with Gasteiger partial charge in [-0.1, -0.05) is 32.4 Å². The zero-order valence-electron chi connectivity index (χ0n) is 14.1. The van der Waals surface area contributed by atoms with Crippen molar-refractivity contribution in [1.29, 1.82) is 0 Å². The number of thioether (sulfide) groups is 1. The molecule has 4 rings (SSSR count). The quantitative estimate of drug-likeness (QED) is 0.669. The van der Waals surface area contributed by atoms with Crippen LogP contribution in [0.2, 0.25) is 0 Å². The molecule has 0 amide bonds. The molecule has 0 aromatic carbocycles. The highest BCUT2D eigenvalue weighted by Crippen LogP contribution is 2.65. The Balaban J connectivity index is 1.72. The Morgan fingerprint density at radius 3 is 2.73 bits per heavy atom. The Morgan fingerprint density at radius 2 is 1.95 bits per heavy atom. The van der Waals surface area contributed by atoms with Crippen LogP contribution in [0.15, 0.2) is 11.6 Å². The maximum absolute atomic E-state index is 11.0. The van der Waals surface area contributed by atoms with E-state index >= 15 is 0 Å². The van der Waals surface area contributed by atoms with Crippen LogP contribution >= 0.6 is 11.8 Å². The van der Waals surface area contributed by atoms with Crippen molar-refractivity contribution in [2.75, 3.05) is 5.75 Å². The number of rotatable bonds is 0. The second kappa shape index (κ2) is 5.00. The molecule has 3 aliphatic carbocycles. The van der Waals surface area contributed by atoms with E-state index in [4.69, 9.17) is 0 Å². The van der Waals surface area contributed by atoms with Gasteiger partial charge in [-0.3, -0.25) is 0 Å². The fourth-order valence-corrected chi connectivity index (χ4v) is 8.38. The van der Waals surface area contributed by atoms with Gasteiger partial charge < -0.3 is 10.2 Å². The summed E-state index contributed by atoms with van der Waals surface area (Å²) >= 11 is 2.13. The van der Waals surface area contributed by atoms with E-state index in [2.05, 4.69) is 38.6 Å². The molecule has 4 aliphatic rings. The summed E-state index contributed by atoms with van der Waals surface area (Å²) in [6.07, 6.45) is 6.95. The van der Waals surface area contributed by atoms with Crippen LogP contribution in [-0.4, -0.2) is 33.4 Å². The van der Waals surface area contributed by atoms with Gasteiger partial charge in [0.25, 0.3) is 0 Å². The molecular weight excluding hydrogens is 292 g/mol. The van der Waals surface area contributed by atoms with Gasteiger partial charge in [-0.05, 0) is 55.1 Å². The first kappa shape index (κ1) is 15.5. The van der Waals surface area contributed by atoms with E-state index in [-0.39, 0.29) is 17.6 Å². The zero-order valence-corrected chi connectivity index (χ0v) is 14.9. The summed E-state index contributed by atoms with van der Waals surface area (Å²) in [5, 5.41) is 21.5. The Hall–Kier alpha value is 0.01000. The van der Waals surface area contributed by atoms with Crippen LogP contribution in [0.1, 0.15) is 52.9 Å². The minimum atomic E-state index is -0.294. The van der Waals surface area contributed by atoms with Crippen molar-refractivity contribution in [3.8, 4) is 0 Å². The topological polar surface area (TPSA) is 40.5 Å². The fourth-order valence-electron chi connectivity index (χ4n) is 6.11. The first-order chi connectivity index (χ1) is 10.4. The molecule has 1 heterocycles. The zero-order chi connectivity index (χ0) is 15.7. The maximum atomic E-state index is 11.0. The van der Waals surface area contributed by atoms with Gasteiger partial charge in [-0.25, -0.2) is 0 Å². The third-order valence-electron chi connectivity index (χ3n) is 7.86. The normalized spacial score (nSPS) is 57.6. The van der Waals surface area contributed by atoms with E-state index in [1.807, 2.05) is 0 Å². The fraction of sp³-hybridized carbons (Fsp3) is 0.895. The van der Waals surface area contributed by atoms with Crippen molar-refractivity contribution in [2.45, 2.75) is 70.3 Å². The van der Waals surface area contributed by atoms with E-state index in [0.717, 1.165) is 25.2 Å². The molecule has 0 aromatic rings. The largest absolute Gasteiger partial charge is 0.392 e. The van der Waals surface area contributed by atoms with E-state index in [1.54, 1.807) is 0 Å². The maximum Gasteiger partial charge on any atom is 0.0724 e. The number of hydrogen-bond acceptors (Lipinski definition) is 3. The average Bonchev–Trinajstić information content (AvgIpc) is 2.77. The van der Waals surface area contributed by atoms with Crippen LogP contribution in [0, 0.1) is 28.6 Å². The van der Waals surface area contributed by atoms with Crippen LogP contribution in [0.25, 0.3) is 0 Å². The van der Waals surface area contributed by atoms with Crippen LogP contribution < -0.4 is 0 Å². The standard InChI is InChI=1S/C19H30O2S/c1-11-4-5-14-16-15(21)9-12-8-13(20)6-7-18(12,2)17(16)22-10-19(11,14)3/h8,11,13-17,20-21H,4-7,9-10H2,1-3H3/t11-,13-,14?,15?,16?,17?,18-,19+/m0/s1. The third kappa shape index (κ3) is 1.94. The van der Waals surface area contributed by atoms with Crippen molar-refractivity contribution >= 4 is 11.8 Å². The minimum absolute atomic E-state index is 0.195. The Morgan fingerprint density at radius 1 is 1.18 bits per heavy atom. The molecule has 8 atom stereocenters. The number of aliphatic hydroxyl groups excluding tert-OH is 2. The molecular formula is C19H30O2S. The van der Waals surface area contributed by atoms with Crippen molar-refractivity contribution in [3.05, 3.63) is 11.6 Å². The molecule has 4 unspecified atom stereocenters. The highest BCUT2D eigenvalue weighted by atomic mass is 32.2.